The van der Waals surface area contributed by atoms with Gasteiger partial charge in [-0.2, -0.15) is 4.98 Å². The van der Waals surface area contributed by atoms with E-state index in [-0.39, 0.29) is 11.1 Å². The van der Waals surface area contributed by atoms with Gasteiger partial charge in [0, 0.05) is 10.9 Å². The lowest BCUT2D eigenvalue weighted by atomic mass is 10.1. The predicted molar refractivity (Wildman–Crippen MR) is 99.7 cm³/mol. The first-order valence-electron chi connectivity index (χ1n) is 8.11. The number of alkyl halides is 1. The number of aromatic nitrogens is 3. The molecule has 0 aliphatic carbocycles. The number of hydrogen-bond donors (Lipinski definition) is 2. The largest absolute Gasteiger partial charge is 0.363 e. The van der Waals surface area contributed by atoms with E-state index < -0.39 is 19.2 Å². The van der Waals surface area contributed by atoms with E-state index in [1.807, 2.05) is 6.92 Å². The second-order valence-electron chi connectivity index (χ2n) is 5.23. The van der Waals surface area contributed by atoms with Gasteiger partial charge in [-0.05, 0) is 63.4 Å². The highest BCUT2D eigenvalue weighted by molar-refractivity contribution is 9.10. The maximum atomic E-state index is 12.9. The Hall–Kier alpha value is -1.22. The topological polar surface area (TPSA) is 68.2 Å². The van der Waals surface area contributed by atoms with Gasteiger partial charge in [0.05, 0.1) is 9.24 Å². The molecule has 0 amide bonds. The minimum Gasteiger partial charge on any atom is -0.363 e. The molecule has 0 aromatic carbocycles. The van der Waals surface area contributed by atoms with Crippen LogP contribution in [0.25, 0.3) is 5.52 Å². The van der Waals surface area contributed by atoms with Crippen LogP contribution in [0.5, 0.6) is 0 Å². The van der Waals surface area contributed by atoms with Gasteiger partial charge in [0.2, 0.25) is 5.28 Å². The first-order valence-corrected chi connectivity index (χ1v) is 9.16. The summed E-state index contributed by atoms with van der Waals surface area (Å²) in [5, 5.41) is 8.74. The number of nitrogens with two attached hydrogens (primary N) is 1. The standard InChI is InChI=1S/C15H16BrClFN5S/c1-8-11(5-9(19)6-18)13(16)23-12(8)14(21-15(17)22-23)20-7-10-3-2-4-24-10/h2-4,9H,5-7,19H2,1H3,(H,20,21,22)/t9-/m1/s1/i7D2. The van der Waals surface area contributed by atoms with Gasteiger partial charge in [-0.3, -0.25) is 0 Å². The Morgan fingerprint density at radius 2 is 2.42 bits per heavy atom. The second kappa shape index (κ2) is 7.35. The fraction of sp³-hybridized carbons (Fsp3) is 0.333. The zero-order chi connectivity index (χ0) is 19.1. The second-order valence-corrected chi connectivity index (χ2v) is 7.27. The molecule has 24 heavy (non-hydrogen) atoms. The van der Waals surface area contributed by atoms with Gasteiger partial charge in [-0.25, -0.2) is 8.91 Å². The maximum absolute atomic E-state index is 12.9. The Morgan fingerprint density at radius 1 is 1.62 bits per heavy atom. The maximum Gasteiger partial charge on any atom is 0.243 e. The summed E-state index contributed by atoms with van der Waals surface area (Å²) < 4.78 is 31.6. The third-order valence-corrected chi connectivity index (χ3v) is 5.32. The molecule has 128 valence electrons. The Labute approximate surface area is 159 Å². The molecule has 3 N–H and O–H groups in total. The molecule has 3 aromatic heterocycles. The molecule has 5 nitrogen and oxygen atoms in total. The number of thiophene rings is 1. The van der Waals surface area contributed by atoms with E-state index in [1.165, 1.54) is 15.9 Å². The number of fused-ring (bicyclic) bond motifs is 1. The SMILES string of the molecule is [2H]C([2H])(Nc1nc(Cl)nn2c(Br)c(C[C@@H](N)CF)c(C)c12)c1cccs1. The van der Waals surface area contributed by atoms with E-state index in [9.17, 15) is 4.39 Å². The number of halogens is 3. The average Bonchev–Trinajstić information content (AvgIpc) is 3.19. The summed E-state index contributed by atoms with van der Waals surface area (Å²) in [6.45, 7) is -0.648. The summed E-state index contributed by atoms with van der Waals surface area (Å²) >= 11 is 10.8. The third kappa shape index (κ3) is 3.42. The minimum atomic E-state index is -1.84. The Morgan fingerprint density at radius 3 is 3.08 bits per heavy atom. The molecule has 1 atom stereocenters. The molecule has 3 heterocycles. The van der Waals surface area contributed by atoms with Crippen molar-refractivity contribution in [3.63, 3.8) is 0 Å². The van der Waals surface area contributed by atoms with Crippen LogP contribution in [0.15, 0.2) is 22.1 Å². The molecule has 0 unspecified atom stereocenters. The molecule has 0 radical (unpaired) electrons. The van der Waals surface area contributed by atoms with E-state index in [0.29, 0.717) is 21.4 Å². The molecule has 3 aromatic rings. The highest BCUT2D eigenvalue weighted by atomic mass is 79.9. The van der Waals surface area contributed by atoms with Crippen LogP contribution in [0.4, 0.5) is 10.2 Å². The lowest BCUT2D eigenvalue weighted by Gasteiger charge is -2.08. The molecule has 0 aliphatic heterocycles. The van der Waals surface area contributed by atoms with Crippen LogP contribution >= 0.6 is 38.9 Å². The third-order valence-electron chi connectivity index (χ3n) is 3.56. The molecule has 0 bridgehead atoms. The zero-order valence-corrected chi connectivity index (χ0v) is 15.8. The average molecular weight is 435 g/mol. The molecule has 3 rings (SSSR count). The molecule has 0 saturated carbocycles. The van der Waals surface area contributed by atoms with Crippen LogP contribution in [0.1, 0.15) is 18.7 Å². The van der Waals surface area contributed by atoms with E-state index >= 15 is 0 Å². The van der Waals surface area contributed by atoms with Crippen LogP contribution in [0.3, 0.4) is 0 Å². The van der Waals surface area contributed by atoms with Crippen LogP contribution < -0.4 is 11.1 Å². The zero-order valence-electron chi connectivity index (χ0n) is 14.7. The first-order chi connectivity index (χ1) is 12.2. The molecule has 0 spiro atoms. The van der Waals surface area contributed by atoms with Crippen molar-refractivity contribution in [2.24, 2.45) is 5.73 Å². The minimum absolute atomic E-state index is 0.0426. The van der Waals surface area contributed by atoms with Crippen molar-refractivity contribution >= 4 is 50.2 Å². The van der Waals surface area contributed by atoms with E-state index in [0.717, 1.165) is 11.1 Å². The van der Waals surface area contributed by atoms with Gasteiger partial charge in [-0.1, -0.05) is 6.07 Å². The summed E-state index contributed by atoms with van der Waals surface area (Å²) in [7, 11) is 0. The van der Waals surface area contributed by atoms with E-state index in [1.54, 1.807) is 17.5 Å². The Bertz CT molecular complexity index is 934. The summed E-state index contributed by atoms with van der Waals surface area (Å²) in [5.41, 5.74) is 7.88. The number of aryl methyl sites for hydroxylation is 1. The van der Waals surface area contributed by atoms with Gasteiger partial charge in [0.15, 0.2) is 5.82 Å². The van der Waals surface area contributed by atoms with Crippen molar-refractivity contribution < 1.29 is 7.13 Å². The number of anilines is 1. The molecule has 9 heteroatoms. The van der Waals surface area contributed by atoms with Crippen molar-refractivity contribution in [1.82, 2.24) is 14.6 Å². The summed E-state index contributed by atoms with van der Waals surface area (Å²) in [5.74, 6) is 0.252. The van der Waals surface area contributed by atoms with Crippen molar-refractivity contribution in [2.75, 3.05) is 12.0 Å². The summed E-state index contributed by atoms with van der Waals surface area (Å²) in [4.78, 5) is 4.68. The summed E-state index contributed by atoms with van der Waals surface area (Å²) in [6.07, 6.45) is 0.307. The van der Waals surface area contributed by atoms with Crippen LogP contribution in [0.2, 0.25) is 5.28 Å². The summed E-state index contributed by atoms with van der Waals surface area (Å²) in [6, 6.07) is 2.84. The first kappa shape index (κ1) is 15.1. The number of hydrogen-bond acceptors (Lipinski definition) is 5. The van der Waals surface area contributed by atoms with Crippen LogP contribution in [0, 0.1) is 6.92 Å². The lowest BCUT2D eigenvalue weighted by Crippen LogP contribution is -2.25. The van der Waals surface area contributed by atoms with Crippen molar-refractivity contribution in [1.29, 1.82) is 0 Å². The molecular weight excluding hydrogens is 417 g/mol. The fourth-order valence-corrected chi connectivity index (χ4v) is 3.86. The van der Waals surface area contributed by atoms with Gasteiger partial charge in [-0.15, -0.1) is 16.4 Å². The molecule has 0 aliphatic rings. The smallest absolute Gasteiger partial charge is 0.243 e. The number of nitrogens with zero attached hydrogens (tertiary/aromatic N) is 3. The number of nitrogens with one attached hydrogen (secondary N) is 1. The Kier molecular flexibility index (Phi) is 4.61. The van der Waals surface area contributed by atoms with Gasteiger partial charge >= 0.3 is 0 Å². The lowest BCUT2D eigenvalue weighted by molar-refractivity contribution is 0.426. The monoisotopic (exact) mass is 433 g/mol. The molecular formula is C15H16BrClFN5S. The van der Waals surface area contributed by atoms with Gasteiger partial charge in [0.1, 0.15) is 16.8 Å². The van der Waals surface area contributed by atoms with Crippen molar-refractivity contribution in [3.8, 4) is 0 Å². The normalized spacial score (nSPS) is 14.5. The number of rotatable bonds is 6. The van der Waals surface area contributed by atoms with Crippen LogP contribution in [-0.2, 0) is 12.9 Å². The Balaban J connectivity index is 2.12. The fourth-order valence-electron chi connectivity index (χ4n) is 2.42. The van der Waals surface area contributed by atoms with Gasteiger partial charge in [0.25, 0.3) is 0 Å². The van der Waals surface area contributed by atoms with Crippen LogP contribution in [-0.4, -0.2) is 27.3 Å². The molecule has 0 fully saturated rings. The predicted octanol–water partition coefficient (Wildman–Crippen LogP) is 3.97. The van der Waals surface area contributed by atoms with E-state index in [4.69, 9.17) is 20.1 Å². The van der Waals surface area contributed by atoms with Crippen molar-refractivity contribution in [3.05, 3.63) is 43.4 Å². The molecule has 0 saturated heterocycles. The highest BCUT2D eigenvalue weighted by Crippen LogP contribution is 2.32. The highest BCUT2D eigenvalue weighted by Gasteiger charge is 2.21. The van der Waals surface area contributed by atoms with Crippen molar-refractivity contribution in [2.45, 2.75) is 25.9 Å². The van der Waals surface area contributed by atoms with E-state index in [2.05, 4.69) is 31.3 Å². The quantitative estimate of drug-likeness (QED) is 0.616. The van der Waals surface area contributed by atoms with Gasteiger partial charge < -0.3 is 11.1 Å².